The van der Waals surface area contributed by atoms with Gasteiger partial charge in [0.1, 0.15) is 11.8 Å². The van der Waals surface area contributed by atoms with E-state index in [1.807, 2.05) is 13.8 Å². The van der Waals surface area contributed by atoms with Gasteiger partial charge < -0.3 is 9.64 Å². The van der Waals surface area contributed by atoms with Crippen LogP contribution in [0.5, 0.6) is 5.75 Å². The fraction of sp³-hybridized carbons (Fsp3) is 0.630. The summed E-state index contributed by atoms with van der Waals surface area (Å²) in [6, 6.07) is 5.45. The molecule has 1 heterocycles. The van der Waals surface area contributed by atoms with Gasteiger partial charge in [0.15, 0.2) is 0 Å². The van der Waals surface area contributed by atoms with E-state index in [0.29, 0.717) is 29.2 Å². The van der Waals surface area contributed by atoms with E-state index in [9.17, 15) is 19.2 Å². The van der Waals surface area contributed by atoms with E-state index in [2.05, 4.69) is 0 Å². The quantitative estimate of drug-likeness (QED) is 0.358. The summed E-state index contributed by atoms with van der Waals surface area (Å²) in [5.41, 5.74) is 0.0698. The monoisotopic (exact) mass is 466 g/mol. The Bertz CT molecular complexity index is 981. The molecule has 2 unspecified atom stereocenters. The molecule has 4 aliphatic carbocycles. The van der Waals surface area contributed by atoms with Crippen molar-refractivity contribution in [1.29, 1.82) is 0 Å². The lowest BCUT2D eigenvalue weighted by Crippen LogP contribution is -2.59. The van der Waals surface area contributed by atoms with E-state index in [1.54, 1.807) is 29.2 Å². The SMILES string of the molecule is CCC(C)N(C(=O)C12CC3CC(CC(C3)C1)C2)C1CC(=O)N(c2ccc(OC(C)=O)cc2)C1=O. The number of esters is 1. The summed E-state index contributed by atoms with van der Waals surface area (Å²) in [5.74, 6) is 1.25. The zero-order valence-electron chi connectivity index (χ0n) is 20.3. The van der Waals surface area contributed by atoms with Gasteiger partial charge in [0.2, 0.25) is 11.8 Å². The molecule has 34 heavy (non-hydrogen) atoms. The van der Waals surface area contributed by atoms with Crippen LogP contribution < -0.4 is 9.64 Å². The molecule has 0 N–H and O–H groups in total. The Labute approximate surface area is 200 Å². The maximum Gasteiger partial charge on any atom is 0.308 e. The Morgan fingerprint density at radius 2 is 1.62 bits per heavy atom. The lowest BCUT2D eigenvalue weighted by Gasteiger charge is -2.57. The molecule has 1 saturated heterocycles. The number of imide groups is 1. The van der Waals surface area contributed by atoms with E-state index >= 15 is 0 Å². The van der Waals surface area contributed by atoms with Crippen molar-refractivity contribution < 1.29 is 23.9 Å². The molecule has 7 nitrogen and oxygen atoms in total. The first-order valence-electron chi connectivity index (χ1n) is 12.7. The topological polar surface area (TPSA) is 84.0 Å². The van der Waals surface area contributed by atoms with Crippen LogP contribution in [-0.4, -0.2) is 40.7 Å². The van der Waals surface area contributed by atoms with Gasteiger partial charge >= 0.3 is 5.97 Å². The van der Waals surface area contributed by atoms with E-state index in [1.165, 1.54) is 31.1 Å². The maximum atomic E-state index is 14.2. The molecule has 5 aliphatic rings. The fourth-order valence-corrected chi connectivity index (χ4v) is 7.43. The Morgan fingerprint density at radius 3 is 2.12 bits per heavy atom. The number of rotatable bonds is 6. The molecule has 1 aromatic rings. The number of carbonyl (C=O) groups excluding carboxylic acids is 4. The highest BCUT2D eigenvalue weighted by Crippen LogP contribution is 2.61. The molecular formula is C27H34N2O5. The zero-order valence-corrected chi connectivity index (χ0v) is 20.3. The Balaban J connectivity index is 1.41. The van der Waals surface area contributed by atoms with Crippen molar-refractivity contribution in [3.05, 3.63) is 24.3 Å². The van der Waals surface area contributed by atoms with E-state index < -0.39 is 12.0 Å². The summed E-state index contributed by atoms with van der Waals surface area (Å²) < 4.78 is 5.06. The molecular weight excluding hydrogens is 432 g/mol. The molecule has 0 spiro atoms. The Kier molecular flexibility index (Phi) is 5.77. The first-order chi connectivity index (χ1) is 16.2. The minimum Gasteiger partial charge on any atom is -0.427 e. The van der Waals surface area contributed by atoms with Gasteiger partial charge in [-0.05, 0) is 93.9 Å². The van der Waals surface area contributed by atoms with Gasteiger partial charge in [0.05, 0.1) is 17.5 Å². The number of hydrogen-bond acceptors (Lipinski definition) is 5. The summed E-state index contributed by atoms with van der Waals surface area (Å²) in [6.45, 7) is 5.33. The van der Waals surface area contributed by atoms with Crippen molar-refractivity contribution >= 4 is 29.4 Å². The molecule has 0 radical (unpaired) electrons. The number of benzene rings is 1. The first-order valence-corrected chi connectivity index (χ1v) is 12.7. The largest absolute Gasteiger partial charge is 0.427 e. The number of ether oxygens (including phenoxy) is 1. The van der Waals surface area contributed by atoms with Crippen LogP contribution in [0.2, 0.25) is 0 Å². The first kappa shape index (κ1) is 23.1. The van der Waals surface area contributed by atoms with Crippen LogP contribution >= 0.6 is 0 Å². The van der Waals surface area contributed by atoms with E-state index in [4.69, 9.17) is 4.74 Å². The van der Waals surface area contributed by atoms with Gasteiger partial charge in [-0.25, -0.2) is 4.90 Å². The highest BCUT2D eigenvalue weighted by Gasteiger charge is 2.58. The van der Waals surface area contributed by atoms with Crippen LogP contribution in [0.4, 0.5) is 5.69 Å². The Morgan fingerprint density at radius 1 is 1.06 bits per heavy atom. The van der Waals surface area contributed by atoms with Crippen LogP contribution in [0.1, 0.15) is 72.1 Å². The zero-order chi connectivity index (χ0) is 24.2. The van der Waals surface area contributed by atoms with Crippen molar-refractivity contribution in [2.45, 2.75) is 84.2 Å². The lowest BCUT2D eigenvalue weighted by atomic mass is 9.49. The van der Waals surface area contributed by atoms with Gasteiger partial charge in [-0.3, -0.25) is 19.2 Å². The molecule has 6 rings (SSSR count). The second-order valence-corrected chi connectivity index (χ2v) is 11.0. The van der Waals surface area contributed by atoms with Crippen molar-refractivity contribution in [2.24, 2.45) is 23.2 Å². The minimum atomic E-state index is -0.767. The van der Waals surface area contributed by atoms with Gasteiger partial charge in [0, 0.05) is 13.0 Å². The molecule has 4 saturated carbocycles. The summed E-state index contributed by atoms with van der Waals surface area (Å²) >= 11 is 0. The van der Waals surface area contributed by atoms with E-state index in [0.717, 1.165) is 25.7 Å². The second-order valence-electron chi connectivity index (χ2n) is 11.0. The van der Waals surface area contributed by atoms with Crippen LogP contribution in [-0.2, 0) is 19.2 Å². The molecule has 3 amide bonds. The average molecular weight is 467 g/mol. The summed E-state index contributed by atoms with van der Waals surface area (Å²) in [7, 11) is 0. The number of carbonyl (C=O) groups is 4. The summed E-state index contributed by atoms with van der Waals surface area (Å²) in [4.78, 5) is 55.0. The second kappa shape index (κ2) is 8.51. The maximum absolute atomic E-state index is 14.2. The molecule has 1 aromatic carbocycles. The van der Waals surface area contributed by atoms with Crippen LogP contribution in [0.15, 0.2) is 24.3 Å². The highest BCUT2D eigenvalue weighted by molar-refractivity contribution is 6.23. The molecule has 182 valence electrons. The third-order valence-corrected chi connectivity index (χ3v) is 8.61. The minimum absolute atomic E-state index is 0.00692. The number of anilines is 1. The molecule has 7 heteroatoms. The van der Waals surface area contributed by atoms with Gasteiger partial charge in [-0.1, -0.05) is 6.92 Å². The van der Waals surface area contributed by atoms with Gasteiger partial charge in [-0.15, -0.1) is 0 Å². The van der Waals surface area contributed by atoms with E-state index in [-0.39, 0.29) is 35.6 Å². The normalized spacial score (nSPS) is 32.7. The molecule has 5 fully saturated rings. The van der Waals surface area contributed by atoms with Crippen LogP contribution in [0, 0.1) is 23.2 Å². The molecule has 2 atom stereocenters. The van der Waals surface area contributed by atoms with Crippen LogP contribution in [0.3, 0.4) is 0 Å². The van der Waals surface area contributed by atoms with Gasteiger partial charge in [-0.2, -0.15) is 0 Å². The summed E-state index contributed by atoms with van der Waals surface area (Å²) in [5, 5.41) is 0. The number of hydrogen-bond donors (Lipinski definition) is 0. The smallest absolute Gasteiger partial charge is 0.308 e. The van der Waals surface area contributed by atoms with Crippen molar-refractivity contribution in [3.8, 4) is 5.75 Å². The van der Waals surface area contributed by atoms with Crippen molar-refractivity contribution in [2.75, 3.05) is 4.90 Å². The predicted molar refractivity (Wildman–Crippen MR) is 126 cm³/mol. The number of amides is 3. The third kappa shape index (κ3) is 3.83. The predicted octanol–water partition coefficient (Wildman–Crippen LogP) is 4.09. The fourth-order valence-electron chi connectivity index (χ4n) is 7.43. The Hall–Kier alpha value is -2.70. The third-order valence-electron chi connectivity index (χ3n) is 8.61. The summed E-state index contributed by atoms with van der Waals surface area (Å²) in [6.07, 6.45) is 7.26. The van der Waals surface area contributed by atoms with Crippen LogP contribution in [0.25, 0.3) is 0 Å². The number of nitrogens with zero attached hydrogens (tertiary/aromatic N) is 2. The highest BCUT2D eigenvalue weighted by atomic mass is 16.5. The van der Waals surface area contributed by atoms with Crippen molar-refractivity contribution in [3.63, 3.8) is 0 Å². The lowest BCUT2D eigenvalue weighted by molar-refractivity contribution is -0.164. The van der Waals surface area contributed by atoms with Gasteiger partial charge in [0.25, 0.3) is 5.91 Å². The average Bonchev–Trinajstić information content (AvgIpc) is 3.06. The molecule has 4 bridgehead atoms. The molecule has 1 aliphatic heterocycles. The van der Waals surface area contributed by atoms with Crippen molar-refractivity contribution in [1.82, 2.24) is 4.90 Å². The standard InChI is InChI=1S/C27H34N2O5/c1-4-16(2)28(26(33)27-13-18-9-19(14-27)11-20(10-18)15-27)23-12-24(31)29(25(23)32)21-5-7-22(8-6-21)34-17(3)30/h5-8,16,18-20,23H,4,9-15H2,1-3H3. The molecule has 0 aromatic heterocycles.